The molecule has 3 aromatic rings. The summed E-state index contributed by atoms with van der Waals surface area (Å²) in [4.78, 5) is 14.1. The molecule has 1 amide bonds. The molecule has 0 unspecified atom stereocenters. The predicted octanol–water partition coefficient (Wildman–Crippen LogP) is 4.68. The second kappa shape index (κ2) is 8.30. The molecule has 3 nitrogen and oxygen atoms in total. The summed E-state index contributed by atoms with van der Waals surface area (Å²) < 4.78 is 19.6. The molecule has 0 aliphatic rings. The smallest absolute Gasteiger partial charge is 0.254 e. The third-order valence-electron chi connectivity index (χ3n) is 4.04. The van der Waals surface area contributed by atoms with E-state index in [4.69, 9.17) is 4.74 Å². The van der Waals surface area contributed by atoms with Crippen molar-refractivity contribution in [3.63, 3.8) is 0 Å². The van der Waals surface area contributed by atoms with Gasteiger partial charge in [0, 0.05) is 24.7 Å². The van der Waals surface area contributed by atoms with E-state index in [0.717, 1.165) is 5.56 Å². The third-order valence-corrected chi connectivity index (χ3v) is 4.04. The van der Waals surface area contributed by atoms with Gasteiger partial charge in [0.25, 0.3) is 5.91 Å². The molecule has 0 saturated heterocycles. The summed E-state index contributed by atoms with van der Waals surface area (Å²) in [6, 6.07) is 23.3. The van der Waals surface area contributed by atoms with E-state index >= 15 is 0 Å². The van der Waals surface area contributed by atoms with Gasteiger partial charge in [-0.25, -0.2) is 4.39 Å². The predicted molar refractivity (Wildman–Crippen MR) is 99.4 cm³/mol. The van der Waals surface area contributed by atoms with Crippen molar-refractivity contribution in [3.05, 3.63) is 101 Å². The topological polar surface area (TPSA) is 29.5 Å². The molecule has 0 N–H and O–H groups in total. The maximum absolute atomic E-state index is 13.8. The van der Waals surface area contributed by atoms with Gasteiger partial charge in [-0.2, -0.15) is 0 Å². The lowest BCUT2D eigenvalue weighted by Gasteiger charge is -2.18. The van der Waals surface area contributed by atoms with Gasteiger partial charge in [-0.05, 0) is 29.8 Å². The number of nitrogens with zero attached hydrogens (tertiary/aromatic N) is 1. The first-order valence-corrected chi connectivity index (χ1v) is 8.39. The molecule has 3 rings (SSSR count). The molecule has 26 heavy (non-hydrogen) atoms. The average Bonchev–Trinajstić information content (AvgIpc) is 2.68. The van der Waals surface area contributed by atoms with Crippen LogP contribution in [0.2, 0.25) is 0 Å². The lowest BCUT2D eigenvalue weighted by Crippen LogP contribution is -2.26. The average molecular weight is 349 g/mol. The highest BCUT2D eigenvalue weighted by Crippen LogP contribution is 2.18. The molecule has 0 atom stereocenters. The molecule has 3 aromatic carbocycles. The fourth-order valence-electron chi connectivity index (χ4n) is 2.63. The van der Waals surface area contributed by atoms with Crippen molar-refractivity contribution in [2.24, 2.45) is 0 Å². The number of amides is 1. The van der Waals surface area contributed by atoms with Crippen LogP contribution in [-0.4, -0.2) is 17.9 Å². The van der Waals surface area contributed by atoms with Gasteiger partial charge in [0.15, 0.2) is 0 Å². The summed E-state index contributed by atoms with van der Waals surface area (Å²) in [6.45, 7) is 0.643. The van der Waals surface area contributed by atoms with Crippen molar-refractivity contribution in [3.8, 4) is 5.75 Å². The zero-order valence-corrected chi connectivity index (χ0v) is 14.6. The first kappa shape index (κ1) is 17.7. The molecule has 4 heteroatoms. The summed E-state index contributed by atoms with van der Waals surface area (Å²) in [5.41, 5.74) is 2.05. The zero-order valence-electron chi connectivity index (χ0n) is 14.6. The van der Waals surface area contributed by atoms with Crippen molar-refractivity contribution in [1.29, 1.82) is 0 Å². The Balaban J connectivity index is 1.66. The van der Waals surface area contributed by atoms with Crippen molar-refractivity contribution < 1.29 is 13.9 Å². The summed E-state index contributed by atoms with van der Waals surface area (Å²) in [6.07, 6.45) is 0. The van der Waals surface area contributed by atoms with E-state index in [1.165, 1.54) is 11.0 Å². The van der Waals surface area contributed by atoms with E-state index < -0.39 is 0 Å². The van der Waals surface area contributed by atoms with E-state index in [9.17, 15) is 9.18 Å². The molecule has 0 bridgehead atoms. The van der Waals surface area contributed by atoms with Gasteiger partial charge >= 0.3 is 0 Å². The normalized spacial score (nSPS) is 10.4. The van der Waals surface area contributed by atoms with E-state index in [-0.39, 0.29) is 18.3 Å². The van der Waals surface area contributed by atoms with Crippen molar-refractivity contribution in [2.75, 3.05) is 7.05 Å². The summed E-state index contributed by atoms with van der Waals surface area (Å²) in [5, 5.41) is 0. The number of carbonyl (C=O) groups excluding carboxylic acids is 1. The van der Waals surface area contributed by atoms with Gasteiger partial charge in [0.1, 0.15) is 18.2 Å². The number of hydrogen-bond donors (Lipinski definition) is 0. The van der Waals surface area contributed by atoms with Crippen LogP contribution in [-0.2, 0) is 13.2 Å². The number of hydrogen-bond acceptors (Lipinski definition) is 2. The fraction of sp³-hybridized carbons (Fsp3) is 0.136. The van der Waals surface area contributed by atoms with Gasteiger partial charge < -0.3 is 9.64 Å². The lowest BCUT2D eigenvalue weighted by atomic mass is 10.1. The molecular formula is C22H20FNO2. The Kier molecular flexibility index (Phi) is 5.64. The van der Waals surface area contributed by atoms with Crippen molar-refractivity contribution >= 4 is 5.91 Å². The number of rotatable bonds is 6. The fourth-order valence-corrected chi connectivity index (χ4v) is 2.63. The highest BCUT2D eigenvalue weighted by Gasteiger charge is 2.14. The summed E-state index contributed by atoms with van der Waals surface area (Å²) >= 11 is 0. The van der Waals surface area contributed by atoms with Crippen LogP contribution in [0.1, 0.15) is 21.5 Å². The van der Waals surface area contributed by atoms with Crippen LogP contribution in [0.25, 0.3) is 0 Å². The van der Waals surface area contributed by atoms with Crippen molar-refractivity contribution in [2.45, 2.75) is 13.2 Å². The van der Waals surface area contributed by atoms with Gasteiger partial charge in [-0.1, -0.05) is 54.6 Å². The number of ether oxygens (including phenoxy) is 1. The Bertz CT molecular complexity index is 880. The Labute approximate surface area is 152 Å². The summed E-state index contributed by atoms with van der Waals surface area (Å²) in [5.74, 6) is 0.129. The van der Waals surface area contributed by atoms with Crippen LogP contribution in [0.3, 0.4) is 0 Å². The van der Waals surface area contributed by atoms with Gasteiger partial charge in [0.05, 0.1) is 0 Å². The molecule has 0 radical (unpaired) electrons. The second-order valence-corrected chi connectivity index (χ2v) is 6.05. The standard InChI is InChI=1S/C22H20FNO2/c1-24(15-19-10-5-6-13-21(19)23)22(25)18-11-7-12-20(14-18)26-16-17-8-3-2-4-9-17/h2-14H,15-16H2,1H3. The Hall–Kier alpha value is -3.14. The minimum atomic E-state index is -0.313. The number of benzene rings is 3. The number of halogens is 1. The number of carbonyl (C=O) groups is 1. The molecule has 0 aliphatic carbocycles. The van der Waals surface area contributed by atoms with Gasteiger partial charge in [0.2, 0.25) is 0 Å². The minimum Gasteiger partial charge on any atom is -0.489 e. The van der Waals surface area contributed by atoms with Crippen LogP contribution in [0, 0.1) is 5.82 Å². The van der Waals surface area contributed by atoms with Crippen LogP contribution >= 0.6 is 0 Å². The highest BCUT2D eigenvalue weighted by molar-refractivity contribution is 5.94. The first-order valence-electron chi connectivity index (χ1n) is 8.39. The molecule has 0 fully saturated rings. The molecular weight excluding hydrogens is 329 g/mol. The van der Waals surface area contributed by atoms with Crippen LogP contribution in [0.4, 0.5) is 4.39 Å². The SMILES string of the molecule is CN(Cc1ccccc1F)C(=O)c1cccc(OCc2ccccc2)c1. The molecule has 0 heterocycles. The Morgan fingerprint density at radius 1 is 0.962 bits per heavy atom. The Morgan fingerprint density at radius 3 is 2.46 bits per heavy atom. The third kappa shape index (κ3) is 4.48. The maximum Gasteiger partial charge on any atom is 0.254 e. The van der Waals surface area contributed by atoms with E-state index in [0.29, 0.717) is 23.5 Å². The molecule has 0 aromatic heterocycles. The lowest BCUT2D eigenvalue weighted by molar-refractivity contribution is 0.0783. The molecule has 132 valence electrons. The second-order valence-electron chi connectivity index (χ2n) is 6.05. The largest absolute Gasteiger partial charge is 0.489 e. The monoisotopic (exact) mass is 349 g/mol. The molecule has 0 spiro atoms. The summed E-state index contributed by atoms with van der Waals surface area (Å²) in [7, 11) is 1.66. The van der Waals surface area contributed by atoms with Crippen molar-refractivity contribution in [1.82, 2.24) is 4.90 Å². The van der Waals surface area contributed by atoms with E-state index in [2.05, 4.69) is 0 Å². The minimum absolute atomic E-state index is 0.182. The Morgan fingerprint density at radius 2 is 1.69 bits per heavy atom. The molecule has 0 aliphatic heterocycles. The van der Waals surface area contributed by atoms with E-state index in [1.807, 2.05) is 36.4 Å². The zero-order chi connectivity index (χ0) is 18.4. The maximum atomic E-state index is 13.8. The van der Waals surface area contributed by atoms with E-state index in [1.54, 1.807) is 43.4 Å². The van der Waals surface area contributed by atoms with Crippen LogP contribution in [0.5, 0.6) is 5.75 Å². The van der Waals surface area contributed by atoms with Gasteiger partial charge in [-0.15, -0.1) is 0 Å². The van der Waals surface area contributed by atoms with Gasteiger partial charge in [-0.3, -0.25) is 4.79 Å². The van der Waals surface area contributed by atoms with Crippen LogP contribution in [0.15, 0.2) is 78.9 Å². The quantitative estimate of drug-likeness (QED) is 0.647. The van der Waals surface area contributed by atoms with Crippen LogP contribution < -0.4 is 4.74 Å². The highest BCUT2D eigenvalue weighted by atomic mass is 19.1. The first-order chi connectivity index (χ1) is 12.6. The molecule has 0 saturated carbocycles.